The number of anilines is 1. The average molecular weight is 458 g/mol. The lowest BCUT2D eigenvalue weighted by Gasteiger charge is -2.54. The van der Waals surface area contributed by atoms with Crippen LogP contribution in [0.25, 0.3) is 16.6 Å². The van der Waals surface area contributed by atoms with E-state index in [1.54, 1.807) is 4.52 Å². The quantitative estimate of drug-likeness (QED) is 0.639. The molecule has 9 nitrogen and oxygen atoms in total. The van der Waals surface area contributed by atoms with E-state index in [2.05, 4.69) is 38.4 Å². The average Bonchev–Trinajstić information content (AvgIpc) is 3.18. The largest absolute Gasteiger partial charge is 0.479 e. The van der Waals surface area contributed by atoms with Gasteiger partial charge in [0.05, 0.1) is 18.5 Å². The monoisotopic (exact) mass is 457 g/mol. The summed E-state index contributed by atoms with van der Waals surface area (Å²) in [5.41, 5.74) is 3.43. The molecule has 0 saturated carbocycles. The van der Waals surface area contributed by atoms with Crippen LogP contribution in [-0.4, -0.2) is 71.8 Å². The number of fused-ring (bicyclic) bond motifs is 1. The second kappa shape index (κ2) is 7.99. The molecule has 9 heteroatoms. The highest BCUT2D eigenvalue weighted by atomic mass is 16.5. The number of piperidine rings is 1. The number of methoxy groups -OCH3 is 1. The molecular formula is C25H27N7O2. The lowest BCUT2D eigenvalue weighted by atomic mass is 9.72. The van der Waals surface area contributed by atoms with Crippen LogP contribution in [0, 0.1) is 22.7 Å². The van der Waals surface area contributed by atoms with Gasteiger partial charge in [-0.05, 0) is 31.0 Å². The van der Waals surface area contributed by atoms with Gasteiger partial charge in [0.2, 0.25) is 5.91 Å². The van der Waals surface area contributed by atoms with E-state index in [0.29, 0.717) is 22.8 Å². The number of hydrogen-bond acceptors (Lipinski definition) is 7. The fraction of sp³-hybridized carbons (Fsp3) is 0.440. The van der Waals surface area contributed by atoms with Crippen molar-refractivity contribution in [3.8, 4) is 23.1 Å². The van der Waals surface area contributed by atoms with Gasteiger partial charge in [0, 0.05) is 68.2 Å². The van der Waals surface area contributed by atoms with E-state index in [1.807, 2.05) is 24.5 Å². The molecule has 1 spiro atoms. The number of nitrogens with zero attached hydrogens (tertiary/aromatic N) is 6. The molecule has 0 aliphatic carbocycles. The Kier molecular flexibility index (Phi) is 4.92. The molecule has 0 radical (unpaired) electrons. The number of aromatic nitrogens is 3. The van der Waals surface area contributed by atoms with E-state index >= 15 is 0 Å². The van der Waals surface area contributed by atoms with E-state index < -0.39 is 0 Å². The van der Waals surface area contributed by atoms with E-state index in [4.69, 9.17) is 9.72 Å². The molecule has 3 fully saturated rings. The first-order valence-corrected chi connectivity index (χ1v) is 11.8. The van der Waals surface area contributed by atoms with Crippen LogP contribution in [0.2, 0.25) is 0 Å². The number of carbonyl (C=O) groups is 1. The lowest BCUT2D eigenvalue weighted by Crippen LogP contribution is -2.62. The third-order valence-corrected chi connectivity index (χ3v) is 7.63. The van der Waals surface area contributed by atoms with Crippen molar-refractivity contribution in [2.24, 2.45) is 11.3 Å². The third kappa shape index (κ3) is 3.37. The number of likely N-dealkylation sites (tertiary alicyclic amines) is 1. The molecule has 0 atom stereocenters. The number of pyridine rings is 2. The summed E-state index contributed by atoms with van der Waals surface area (Å²) in [7, 11) is 1.52. The molecule has 3 aliphatic heterocycles. The highest BCUT2D eigenvalue weighted by molar-refractivity contribution is 5.80. The van der Waals surface area contributed by atoms with Crippen molar-refractivity contribution < 1.29 is 9.53 Å². The summed E-state index contributed by atoms with van der Waals surface area (Å²) < 4.78 is 6.90. The Morgan fingerprint density at radius 2 is 1.94 bits per heavy atom. The maximum absolute atomic E-state index is 12.5. The molecule has 6 rings (SSSR count). The van der Waals surface area contributed by atoms with Gasteiger partial charge in [0.25, 0.3) is 5.88 Å². The second-order valence-corrected chi connectivity index (χ2v) is 9.69. The standard InChI is InChI=1S/C25H27N7O2/c1-34-23-20(10-26)21-4-2-18(14-32(21)29-23)17-3-5-22(28-13-17)31-15-25(16-31)6-8-30(9-7-25)24(33)19-11-27-12-19/h2-5,13-14,19,27H,6-9,11-12,15-16H2,1H3. The number of nitrogens with one attached hydrogen (secondary N) is 1. The molecule has 1 N–H and O–H groups in total. The van der Waals surface area contributed by atoms with Gasteiger partial charge in [-0.25, -0.2) is 9.50 Å². The summed E-state index contributed by atoms with van der Waals surface area (Å²) in [6.07, 6.45) is 5.93. The highest BCUT2D eigenvalue weighted by Gasteiger charge is 2.46. The highest BCUT2D eigenvalue weighted by Crippen LogP contribution is 2.42. The van der Waals surface area contributed by atoms with Gasteiger partial charge in [-0.15, -0.1) is 5.10 Å². The molecule has 34 heavy (non-hydrogen) atoms. The Hall–Kier alpha value is -3.64. The fourth-order valence-corrected chi connectivity index (χ4v) is 5.35. The number of ether oxygens (including phenoxy) is 1. The van der Waals surface area contributed by atoms with Crippen molar-refractivity contribution in [1.82, 2.24) is 24.8 Å². The van der Waals surface area contributed by atoms with Crippen molar-refractivity contribution >= 4 is 17.2 Å². The smallest absolute Gasteiger partial charge is 0.251 e. The van der Waals surface area contributed by atoms with Crippen LogP contribution in [0.15, 0.2) is 36.7 Å². The van der Waals surface area contributed by atoms with E-state index in [0.717, 1.165) is 74.6 Å². The fourth-order valence-electron chi connectivity index (χ4n) is 5.35. The lowest BCUT2D eigenvalue weighted by molar-refractivity contribution is -0.139. The molecule has 0 unspecified atom stereocenters. The first-order chi connectivity index (χ1) is 16.6. The molecule has 3 aromatic heterocycles. The Morgan fingerprint density at radius 3 is 2.56 bits per heavy atom. The van der Waals surface area contributed by atoms with Gasteiger partial charge in [-0.2, -0.15) is 5.26 Å². The summed E-state index contributed by atoms with van der Waals surface area (Å²) in [6.45, 7) is 5.43. The van der Waals surface area contributed by atoms with Crippen LogP contribution >= 0.6 is 0 Å². The molecule has 0 bridgehead atoms. The van der Waals surface area contributed by atoms with Crippen LogP contribution in [0.5, 0.6) is 5.88 Å². The van der Waals surface area contributed by atoms with Gasteiger partial charge < -0.3 is 19.9 Å². The summed E-state index contributed by atoms with van der Waals surface area (Å²) in [5, 5.41) is 16.9. The molecule has 6 heterocycles. The van der Waals surface area contributed by atoms with Crippen LogP contribution < -0.4 is 15.0 Å². The van der Waals surface area contributed by atoms with E-state index in [-0.39, 0.29) is 5.92 Å². The number of amides is 1. The minimum Gasteiger partial charge on any atom is -0.479 e. The van der Waals surface area contributed by atoms with Gasteiger partial charge in [-0.3, -0.25) is 4.79 Å². The predicted octanol–water partition coefficient (Wildman–Crippen LogP) is 1.92. The van der Waals surface area contributed by atoms with E-state index in [9.17, 15) is 10.1 Å². The third-order valence-electron chi connectivity index (χ3n) is 7.63. The molecule has 3 aromatic rings. The molecule has 1 amide bonds. The van der Waals surface area contributed by atoms with Crippen molar-refractivity contribution in [2.45, 2.75) is 12.8 Å². The first-order valence-electron chi connectivity index (χ1n) is 11.8. The normalized spacial score (nSPS) is 19.5. The molecule has 3 saturated heterocycles. The molecule has 0 aromatic carbocycles. The number of hydrogen-bond donors (Lipinski definition) is 1. The van der Waals surface area contributed by atoms with Gasteiger partial charge in [0.1, 0.15) is 17.5 Å². The number of carbonyl (C=O) groups excluding carboxylic acids is 1. The topological polar surface area (TPSA) is 98.8 Å². The Balaban J connectivity index is 1.10. The van der Waals surface area contributed by atoms with Crippen molar-refractivity contribution in [1.29, 1.82) is 5.26 Å². The molecular weight excluding hydrogens is 430 g/mol. The minimum absolute atomic E-state index is 0.194. The summed E-state index contributed by atoms with van der Waals surface area (Å²) in [5.74, 6) is 1.84. The van der Waals surface area contributed by atoms with Crippen molar-refractivity contribution in [2.75, 3.05) is 51.3 Å². The first kappa shape index (κ1) is 20.9. The van der Waals surface area contributed by atoms with Crippen molar-refractivity contribution in [3.63, 3.8) is 0 Å². The van der Waals surface area contributed by atoms with Crippen LogP contribution in [-0.2, 0) is 4.79 Å². The summed E-state index contributed by atoms with van der Waals surface area (Å²) >= 11 is 0. The predicted molar refractivity (Wildman–Crippen MR) is 127 cm³/mol. The van der Waals surface area contributed by atoms with Crippen LogP contribution in [0.3, 0.4) is 0 Å². The molecule has 174 valence electrons. The zero-order chi connectivity index (χ0) is 23.3. The molecule has 3 aliphatic rings. The Labute approximate surface area is 197 Å². The van der Waals surface area contributed by atoms with Crippen LogP contribution in [0.1, 0.15) is 18.4 Å². The van der Waals surface area contributed by atoms with Gasteiger partial charge in [-0.1, -0.05) is 6.07 Å². The maximum Gasteiger partial charge on any atom is 0.251 e. The van der Waals surface area contributed by atoms with Crippen molar-refractivity contribution in [3.05, 3.63) is 42.2 Å². The number of nitriles is 1. The Morgan fingerprint density at radius 1 is 1.18 bits per heavy atom. The van der Waals surface area contributed by atoms with Crippen LogP contribution in [0.4, 0.5) is 5.82 Å². The van der Waals surface area contributed by atoms with Gasteiger partial charge >= 0.3 is 0 Å². The van der Waals surface area contributed by atoms with E-state index in [1.165, 1.54) is 7.11 Å². The van der Waals surface area contributed by atoms with Gasteiger partial charge in [0.15, 0.2) is 0 Å². The minimum atomic E-state index is 0.194. The SMILES string of the molecule is COc1nn2cc(-c3ccc(N4CC5(CCN(C(=O)C6CNC6)CC5)C4)nc3)ccc2c1C#N. The maximum atomic E-state index is 12.5. The number of rotatable bonds is 4. The summed E-state index contributed by atoms with van der Waals surface area (Å²) in [6, 6.07) is 10.2. The zero-order valence-electron chi connectivity index (χ0n) is 19.2. The zero-order valence-corrected chi connectivity index (χ0v) is 19.2. The second-order valence-electron chi connectivity index (χ2n) is 9.69. The Bertz CT molecular complexity index is 1270. The summed E-state index contributed by atoms with van der Waals surface area (Å²) in [4.78, 5) is 21.6.